The molecule has 9 nitrogen and oxygen atoms in total. The summed E-state index contributed by atoms with van der Waals surface area (Å²) in [6, 6.07) is 5.11. The minimum Gasteiger partial charge on any atom is -0.496 e. The van der Waals surface area contributed by atoms with E-state index in [1.54, 1.807) is 18.2 Å². The predicted octanol–water partition coefficient (Wildman–Crippen LogP) is 0.698. The summed E-state index contributed by atoms with van der Waals surface area (Å²) in [5.74, 6) is -1.88. The minimum absolute atomic E-state index is 0.535. The van der Waals surface area contributed by atoms with Gasteiger partial charge in [0.15, 0.2) is 5.60 Å². The number of aliphatic hydroxyl groups is 3. The Labute approximate surface area is 159 Å². The highest BCUT2D eigenvalue weighted by Gasteiger charge is 2.50. The van der Waals surface area contributed by atoms with Gasteiger partial charge in [0.2, 0.25) is 0 Å². The van der Waals surface area contributed by atoms with Crippen LogP contribution >= 0.6 is 0 Å². The van der Waals surface area contributed by atoms with Crippen LogP contribution in [0.25, 0.3) is 17.0 Å². The van der Waals surface area contributed by atoms with Crippen molar-refractivity contribution in [3.05, 3.63) is 36.1 Å². The highest BCUT2D eigenvalue weighted by Crippen LogP contribution is 2.32. The monoisotopic (exact) mass is 392 g/mol. The van der Waals surface area contributed by atoms with Crippen LogP contribution in [-0.2, 0) is 14.3 Å². The molecule has 0 amide bonds. The molecular weight excluding hydrogens is 372 g/mol. The van der Waals surface area contributed by atoms with Gasteiger partial charge in [-0.3, -0.25) is 0 Å². The molecule has 0 radical (unpaired) electrons. The summed E-state index contributed by atoms with van der Waals surface area (Å²) in [4.78, 5) is 23.3. The molecule has 1 aromatic heterocycles. The van der Waals surface area contributed by atoms with Gasteiger partial charge in [0.05, 0.1) is 24.9 Å². The Bertz CT molecular complexity index is 915. The molecule has 1 heterocycles. The minimum atomic E-state index is -2.29. The van der Waals surface area contributed by atoms with Crippen molar-refractivity contribution in [2.45, 2.75) is 36.8 Å². The van der Waals surface area contributed by atoms with Crippen molar-refractivity contribution in [2.75, 3.05) is 7.11 Å². The number of carbonyl (C=O) groups excluding carboxylic acids is 1. The van der Waals surface area contributed by atoms with Crippen LogP contribution in [0.2, 0.25) is 0 Å². The summed E-state index contributed by atoms with van der Waals surface area (Å²) in [6.07, 6.45) is -1.49. The van der Waals surface area contributed by atoms with E-state index in [2.05, 4.69) is 0 Å². The van der Waals surface area contributed by atoms with Crippen LogP contribution in [0.5, 0.6) is 5.75 Å². The molecule has 0 saturated heterocycles. The molecule has 1 fully saturated rings. The van der Waals surface area contributed by atoms with Crippen molar-refractivity contribution in [1.82, 2.24) is 0 Å². The van der Waals surface area contributed by atoms with E-state index < -0.39 is 48.7 Å². The fourth-order valence-corrected chi connectivity index (χ4v) is 3.21. The third-order valence-corrected chi connectivity index (χ3v) is 4.71. The Morgan fingerprint density at radius 2 is 2.04 bits per heavy atom. The molecule has 0 aliphatic heterocycles. The molecule has 1 aromatic carbocycles. The molecule has 2 aromatic rings. The average molecular weight is 392 g/mol. The maximum absolute atomic E-state index is 12.1. The zero-order valence-electron chi connectivity index (χ0n) is 14.9. The Balaban J connectivity index is 1.73. The van der Waals surface area contributed by atoms with Gasteiger partial charge < -0.3 is 34.3 Å². The summed E-state index contributed by atoms with van der Waals surface area (Å²) >= 11 is 0. The van der Waals surface area contributed by atoms with Gasteiger partial charge in [0.25, 0.3) is 0 Å². The average Bonchev–Trinajstić information content (AvgIpc) is 3.12. The smallest absolute Gasteiger partial charge is 0.335 e. The highest BCUT2D eigenvalue weighted by molar-refractivity contribution is 5.90. The number of benzene rings is 1. The number of methoxy groups -OCH3 is 1. The van der Waals surface area contributed by atoms with Gasteiger partial charge in [-0.05, 0) is 29.8 Å². The van der Waals surface area contributed by atoms with E-state index in [0.29, 0.717) is 16.9 Å². The molecule has 28 heavy (non-hydrogen) atoms. The van der Waals surface area contributed by atoms with E-state index in [4.69, 9.17) is 19.0 Å². The van der Waals surface area contributed by atoms with Gasteiger partial charge in [-0.1, -0.05) is 0 Å². The van der Waals surface area contributed by atoms with Crippen molar-refractivity contribution >= 4 is 29.0 Å². The number of aliphatic hydroxyl groups excluding tert-OH is 2. The van der Waals surface area contributed by atoms with Crippen molar-refractivity contribution in [1.29, 1.82) is 0 Å². The van der Waals surface area contributed by atoms with E-state index in [1.807, 2.05) is 0 Å². The first-order valence-corrected chi connectivity index (χ1v) is 8.49. The lowest BCUT2D eigenvalue weighted by Gasteiger charge is -2.39. The number of carbonyl (C=O) groups is 2. The third-order valence-electron chi connectivity index (χ3n) is 4.71. The van der Waals surface area contributed by atoms with Gasteiger partial charge in [0, 0.05) is 18.9 Å². The zero-order valence-corrected chi connectivity index (χ0v) is 14.9. The van der Waals surface area contributed by atoms with Crippen LogP contribution in [0.4, 0.5) is 0 Å². The van der Waals surface area contributed by atoms with Crippen LogP contribution in [0.15, 0.2) is 35.0 Å². The number of carboxylic acid groups (broad SMARTS) is 1. The molecule has 150 valence electrons. The Morgan fingerprint density at radius 3 is 2.71 bits per heavy atom. The number of rotatable bonds is 5. The van der Waals surface area contributed by atoms with Crippen molar-refractivity contribution in [3.63, 3.8) is 0 Å². The lowest BCUT2D eigenvalue weighted by molar-refractivity contribution is -0.196. The molecule has 0 spiro atoms. The van der Waals surface area contributed by atoms with E-state index >= 15 is 0 Å². The normalized spacial score (nSPS) is 27.8. The van der Waals surface area contributed by atoms with Crippen LogP contribution in [0.1, 0.15) is 18.4 Å². The molecule has 0 bridgehead atoms. The number of hydrogen-bond donors (Lipinski definition) is 4. The first-order chi connectivity index (χ1) is 13.2. The Hall–Kier alpha value is -2.88. The number of furan rings is 1. The van der Waals surface area contributed by atoms with Crippen LogP contribution in [0, 0.1) is 0 Å². The van der Waals surface area contributed by atoms with E-state index in [9.17, 15) is 24.9 Å². The fourth-order valence-electron chi connectivity index (χ4n) is 3.21. The van der Waals surface area contributed by atoms with Gasteiger partial charge in [-0.25, -0.2) is 9.59 Å². The quantitative estimate of drug-likeness (QED) is 0.426. The standard InChI is InChI=1S/C19H20O9/c1-26-13-6-10(7-14-11(13)4-5-27-14)2-3-16(21)28-15-9-19(25,18(23)24)8-12(20)17(15)22/h2-7,12,15,17,20,22,25H,8-9H2,1H3,(H,23,24). The molecule has 9 heteroatoms. The van der Waals surface area contributed by atoms with Crippen molar-refractivity contribution in [2.24, 2.45) is 0 Å². The SMILES string of the molecule is COc1cc(C=CC(=O)OC2CC(O)(C(=O)O)CC(O)C2O)cc2occc12. The largest absolute Gasteiger partial charge is 0.496 e. The number of esters is 1. The van der Waals surface area contributed by atoms with Crippen LogP contribution < -0.4 is 4.74 Å². The molecule has 4 N–H and O–H groups in total. The number of hydrogen-bond acceptors (Lipinski definition) is 8. The van der Waals surface area contributed by atoms with Crippen LogP contribution in [-0.4, -0.2) is 63.4 Å². The Kier molecular flexibility index (Phi) is 5.41. The second-order valence-electron chi connectivity index (χ2n) is 6.67. The third kappa shape index (κ3) is 3.86. The first-order valence-electron chi connectivity index (χ1n) is 8.49. The first kappa shape index (κ1) is 19.9. The second kappa shape index (κ2) is 7.63. The van der Waals surface area contributed by atoms with Gasteiger partial charge >= 0.3 is 11.9 Å². The van der Waals surface area contributed by atoms with E-state index in [0.717, 1.165) is 11.5 Å². The summed E-state index contributed by atoms with van der Waals surface area (Å²) in [5.41, 5.74) is -1.14. The lowest BCUT2D eigenvalue weighted by atomic mass is 9.79. The van der Waals surface area contributed by atoms with Crippen molar-refractivity contribution < 1.29 is 43.9 Å². The van der Waals surface area contributed by atoms with Gasteiger partial charge in [0.1, 0.15) is 23.5 Å². The zero-order chi connectivity index (χ0) is 20.5. The Morgan fingerprint density at radius 1 is 1.29 bits per heavy atom. The number of carboxylic acids is 1. The molecule has 1 saturated carbocycles. The molecule has 4 atom stereocenters. The maximum Gasteiger partial charge on any atom is 0.335 e. The molecule has 4 unspecified atom stereocenters. The van der Waals surface area contributed by atoms with Gasteiger partial charge in [-0.15, -0.1) is 0 Å². The summed E-state index contributed by atoms with van der Waals surface area (Å²) in [6.45, 7) is 0. The summed E-state index contributed by atoms with van der Waals surface area (Å²) in [7, 11) is 1.50. The van der Waals surface area contributed by atoms with E-state index in [1.165, 1.54) is 19.4 Å². The number of fused-ring (bicyclic) bond motifs is 1. The van der Waals surface area contributed by atoms with Gasteiger partial charge in [-0.2, -0.15) is 0 Å². The number of aliphatic carboxylic acids is 1. The number of ether oxygens (including phenoxy) is 2. The topological polar surface area (TPSA) is 147 Å². The summed E-state index contributed by atoms with van der Waals surface area (Å²) in [5, 5.41) is 39.7. The second-order valence-corrected chi connectivity index (χ2v) is 6.67. The van der Waals surface area contributed by atoms with E-state index in [-0.39, 0.29) is 0 Å². The van der Waals surface area contributed by atoms with Crippen molar-refractivity contribution in [3.8, 4) is 5.75 Å². The maximum atomic E-state index is 12.1. The fraction of sp³-hybridized carbons (Fsp3) is 0.368. The molecule has 1 aliphatic carbocycles. The summed E-state index contributed by atoms with van der Waals surface area (Å²) < 4.78 is 15.7. The highest BCUT2D eigenvalue weighted by atomic mass is 16.6. The molecule has 3 rings (SSSR count). The molecular formula is C19H20O9. The lowest BCUT2D eigenvalue weighted by Crippen LogP contribution is -2.57. The van der Waals surface area contributed by atoms with Crippen LogP contribution in [0.3, 0.4) is 0 Å². The molecule has 1 aliphatic rings. The predicted molar refractivity (Wildman–Crippen MR) is 95.5 cm³/mol.